The molecule has 1 aliphatic rings. The summed E-state index contributed by atoms with van der Waals surface area (Å²) in [5, 5.41) is 7.57. The number of Topliss-reactive ketones (excluding diaryl/α,β-unsaturated/α-hetero) is 1. The Hall–Kier alpha value is -2.41. The molecule has 25 heavy (non-hydrogen) atoms. The second-order valence-electron chi connectivity index (χ2n) is 6.18. The molecule has 3 rings (SSSR count). The smallest absolute Gasteiger partial charge is 0.249 e. The highest BCUT2D eigenvalue weighted by atomic mass is 16.6. The normalized spacial score (nSPS) is 16.0. The number of nitrogen functional groups attached to an aromatic ring is 1. The fourth-order valence-electron chi connectivity index (χ4n) is 2.58. The highest BCUT2D eigenvalue weighted by Gasteiger charge is 2.25. The van der Waals surface area contributed by atoms with Crippen LogP contribution in [0.3, 0.4) is 0 Å². The van der Waals surface area contributed by atoms with Crippen molar-refractivity contribution >= 4 is 11.5 Å². The van der Waals surface area contributed by atoms with Crippen LogP contribution in [0.4, 0.5) is 5.69 Å². The number of anilines is 1. The van der Waals surface area contributed by atoms with Gasteiger partial charge < -0.3 is 19.6 Å². The summed E-state index contributed by atoms with van der Waals surface area (Å²) in [5.74, 6) is 0.776. The van der Waals surface area contributed by atoms with Gasteiger partial charge in [0.15, 0.2) is 5.78 Å². The van der Waals surface area contributed by atoms with E-state index in [4.69, 9.17) is 19.6 Å². The van der Waals surface area contributed by atoms with E-state index in [9.17, 15) is 4.79 Å². The largest absolute Gasteiger partial charge is 0.489 e. The molecule has 7 heteroatoms. The topological polar surface area (TPSA) is 104 Å². The monoisotopic (exact) mass is 345 g/mol. The SMILES string of the molecule is CCCCCCC(=O)c1cc(OCC2CO2)c(N)c(-c2nnco2)c1. The molecule has 0 amide bonds. The predicted molar refractivity (Wildman–Crippen MR) is 92.5 cm³/mol. The molecule has 1 unspecified atom stereocenters. The average Bonchev–Trinajstić information content (AvgIpc) is 3.29. The van der Waals surface area contributed by atoms with Gasteiger partial charge in [-0.05, 0) is 18.6 Å². The summed E-state index contributed by atoms with van der Waals surface area (Å²) in [7, 11) is 0. The maximum absolute atomic E-state index is 12.6. The number of rotatable bonds is 10. The van der Waals surface area contributed by atoms with Gasteiger partial charge in [0.05, 0.1) is 17.9 Å². The lowest BCUT2D eigenvalue weighted by Crippen LogP contribution is -2.09. The van der Waals surface area contributed by atoms with Crippen LogP contribution in [0.15, 0.2) is 22.9 Å². The number of unbranched alkanes of at least 4 members (excludes halogenated alkanes) is 3. The van der Waals surface area contributed by atoms with Crippen molar-refractivity contribution in [3.8, 4) is 17.2 Å². The number of carbonyl (C=O) groups is 1. The van der Waals surface area contributed by atoms with Crippen molar-refractivity contribution in [2.75, 3.05) is 18.9 Å². The first-order valence-electron chi connectivity index (χ1n) is 8.66. The first kappa shape index (κ1) is 17.4. The summed E-state index contributed by atoms with van der Waals surface area (Å²) in [5.41, 5.74) is 7.63. The minimum Gasteiger partial charge on any atom is -0.489 e. The van der Waals surface area contributed by atoms with Crippen molar-refractivity contribution < 1.29 is 18.7 Å². The van der Waals surface area contributed by atoms with E-state index in [1.807, 2.05) is 0 Å². The molecule has 2 heterocycles. The fraction of sp³-hybridized carbons (Fsp3) is 0.500. The van der Waals surface area contributed by atoms with Gasteiger partial charge in [-0.1, -0.05) is 26.2 Å². The van der Waals surface area contributed by atoms with Crippen LogP contribution < -0.4 is 10.5 Å². The van der Waals surface area contributed by atoms with Gasteiger partial charge in [0.2, 0.25) is 12.3 Å². The first-order valence-corrected chi connectivity index (χ1v) is 8.66. The number of nitrogens with zero attached hydrogens (tertiary/aromatic N) is 2. The number of ketones is 1. The van der Waals surface area contributed by atoms with E-state index in [1.54, 1.807) is 12.1 Å². The molecule has 1 aromatic heterocycles. The van der Waals surface area contributed by atoms with Gasteiger partial charge in [0.1, 0.15) is 18.5 Å². The Morgan fingerprint density at radius 2 is 2.20 bits per heavy atom. The third kappa shape index (κ3) is 4.57. The molecule has 0 bridgehead atoms. The molecule has 0 spiro atoms. The van der Waals surface area contributed by atoms with Crippen molar-refractivity contribution in [1.82, 2.24) is 10.2 Å². The van der Waals surface area contributed by atoms with Crippen LogP contribution in [0.2, 0.25) is 0 Å². The Morgan fingerprint density at radius 1 is 1.36 bits per heavy atom. The number of nitrogens with two attached hydrogens (primary N) is 1. The Bertz CT molecular complexity index is 711. The molecular formula is C18H23N3O4. The van der Waals surface area contributed by atoms with E-state index in [2.05, 4.69) is 17.1 Å². The molecule has 7 nitrogen and oxygen atoms in total. The number of hydrogen-bond acceptors (Lipinski definition) is 7. The first-order chi connectivity index (χ1) is 12.2. The lowest BCUT2D eigenvalue weighted by Gasteiger charge is -2.12. The molecule has 2 N–H and O–H groups in total. The second-order valence-corrected chi connectivity index (χ2v) is 6.18. The van der Waals surface area contributed by atoms with Crippen LogP contribution in [0.1, 0.15) is 49.4 Å². The van der Waals surface area contributed by atoms with Gasteiger partial charge in [-0.2, -0.15) is 0 Å². The Kier molecular flexibility index (Phi) is 5.65. The van der Waals surface area contributed by atoms with Gasteiger partial charge in [-0.3, -0.25) is 4.79 Å². The van der Waals surface area contributed by atoms with E-state index >= 15 is 0 Å². The van der Waals surface area contributed by atoms with Crippen LogP contribution >= 0.6 is 0 Å². The predicted octanol–water partition coefficient (Wildman–Crippen LogP) is 3.25. The zero-order valence-electron chi connectivity index (χ0n) is 14.4. The molecule has 1 aliphatic heterocycles. The third-order valence-corrected chi connectivity index (χ3v) is 4.14. The summed E-state index contributed by atoms with van der Waals surface area (Å²) in [4.78, 5) is 12.6. The van der Waals surface area contributed by atoms with E-state index in [0.29, 0.717) is 42.2 Å². The van der Waals surface area contributed by atoms with Gasteiger partial charge >= 0.3 is 0 Å². The molecule has 1 aromatic carbocycles. The Labute approximate surface area is 146 Å². The molecule has 1 fully saturated rings. The van der Waals surface area contributed by atoms with Crippen molar-refractivity contribution in [1.29, 1.82) is 0 Å². The maximum Gasteiger partial charge on any atom is 0.249 e. The third-order valence-electron chi connectivity index (χ3n) is 4.14. The number of aromatic nitrogens is 2. The van der Waals surface area contributed by atoms with Crippen LogP contribution in [-0.4, -0.2) is 35.3 Å². The number of carbonyl (C=O) groups excluding carboxylic acids is 1. The standard InChI is InChI=1S/C18H23N3O4/c1-2-3-4-5-6-15(22)12-7-14(18-21-20-11-25-18)17(19)16(8-12)24-10-13-9-23-13/h7-8,11,13H,2-6,9-10,19H2,1H3. The maximum atomic E-state index is 12.6. The molecule has 1 saturated heterocycles. The van der Waals surface area contributed by atoms with Gasteiger partial charge in [-0.15, -0.1) is 10.2 Å². The van der Waals surface area contributed by atoms with Crippen molar-refractivity contribution in [2.24, 2.45) is 0 Å². The summed E-state index contributed by atoms with van der Waals surface area (Å²) >= 11 is 0. The summed E-state index contributed by atoms with van der Waals surface area (Å²) in [6.45, 7) is 3.24. The highest BCUT2D eigenvalue weighted by molar-refractivity contribution is 5.99. The number of hydrogen-bond donors (Lipinski definition) is 1. The number of ether oxygens (including phenoxy) is 2. The molecule has 0 aliphatic carbocycles. The lowest BCUT2D eigenvalue weighted by molar-refractivity contribution is 0.0978. The highest BCUT2D eigenvalue weighted by Crippen LogP contribution is 2.35. The average molecular weight is 345 g/mol. The quantitative estimate of drug-likeness (QED) is 0.305. The van der Waals surface area contributed by atoms with Crippen LogP contribution in [-0.2, 0) is 4.74 Å². The van der Waals surface area contributed by atoms with E-state index < -0.39 is 0 Å². The van der Waals surface area contributed by atoms with Crippen LogP contribution in [0.25, 0.3) is 11.5 Å². The van der Waals surface area contributed by atoms with Crippen molar-refractivity contribution in [2.45, 2.75) is 45.1 Å². The minimum atomic E-state index is 0.0596. The molecule has 1 atom stereocenters. The second kappa shape index (κ2) is 8.11. The Morgan fingerprint density at radius 3 is 2.88 bits per heavy atom. The van der Waals surface area contributed by atoms with Crippen molar-refractivity contribution in [3.05, 3.63) is 24.1 Å². The van der Waals surface area contributed by atoms with Gasteiger partial charge in [0, 0.05) is 12.0 Å². The zero-order valence-corrected chi connectivity index (χ0v) is 14.4. The zero-order chi connectivity index (χ0) is 17.6. The van der Waals surface area contributed by atoms with Gasteiger partial charge in [0.25, 0.3) is 0 Å². The minimum absolute atomic E-state index is 0.0596. The Balaban J connectivity index is 1.81. The van der Waals surface area contributed by atoms with E-state index in [0.717, 1.165) is 25.7 Å². The summed E-state index contributed by atoms with van der Waals surface area (Å²) in [6.07, 6.45) is 6.02. The molecule has 2 aromatic rings. The summed E-state index contributed by atoms with van der Waals surface area (Å²) in [6, 6.07) is 3.39. The number of benzene rings is 1. The molecule has 0 radical (unpaired) electrons. The molecular weight excluding hydrogens is 322 g/mol. The molecule has 0 saturated carbocycles. The van der Waals surface area contributed by atoms with Crippen LogP contribution in [0.5, 0.6) is 5.75 Å². The van der Waals surface area contributed by atoms with E-state index in [-0.39, 0.29) is 17.8 Å². The molecule has 134 valence electrons. The fourth-order valence-corrected chi connectivity index (χ4v) is 2.58. The van der Waals surface area contributed by atoms with Crippen molar-refractivity contribution in [3.63, 3.8) is 0 Å². The van der Waals surface area contributed by atoms with Gasteiger partial charge in [-0.25, -0.2) is 0 Å². The van der Waals surface area contributed by atoms with E-state index in [1.165, 1.54) is 6.39 Å². The van der Waals surface area contributed by atoms with Crippen LogP contribution in [0, 0.1) is 0 Å². The lowest BCUT2D eigenvalue weighted by atomic mass is 10.0. The number of epoxide rings is 1. The summed E-state index contributed by atoms with van der Waals surface area (Å²) < 4.78 is 16.1.